The molecule has 2 N–H and O–H groups in total. The molecule has 4 amide bonds. The van der Waals surface area contributed by atoms with Gasteiger partial charge in [-0.15, -0.1) is 0 Å². The number of hydrogen-bond acceptors (Lipinski definition) is 7. The van der Waals surface area contributed by atoms with Crippen molar-refractivity contribution in [1.29, 1.82) is 0 Å². The van der Waals surface area contributed by atoms with Crippen molar-refractivity contribution in [2.45, 2.75) is 6.04 Å². The summed E-state index contributed by atoms with van der Waals surface area (Å²) >= 11 is 0. The molecule has 0 aliphatic carbocycles. The van der Waals surface area contributed by atoms with E-state index in [1.165, 1.54) is 28.2 Å². The molecule has 0 saturated carbocycles. The highest BCUT2D eigenvalue weighted by atomic mass is 16.3. The molecule has 1 fully saturated rings. The van der Waals surface area contributed by atoms with Crippen LogP contribution in [0.4, 0.5) is 10.5 Å². The molecular weight excluding hydrogens is 310 g/mol. The smallest absolute Gasteiger partial charge is 0.333 e. The highest BCUT2D eigenvalue weighted by Gasteiger charge is 2.43. The first kappa shape index (κ1) is 16.3. The van der Waals surface area contributed by atoms with Crippen LogP contribution in [0.3, 0.4) is 0 Å². The number of nitrogens with zero attached hydrogens (tertiary/aromatic N) is 4. The van der Waals surface area contributed by atoms with E-state index in [1.54, 1.807) is 0 Å². The Bertz CT molecular complexity index is 814. The second-order valence-corrected chi connectivity index (χ2v) is 5.06. The largest absolute Gasteiger partial charge is 0.493 e. The lowest BCUT2D eigenvalue weighted by molar-refractivity contribution is -0.142. The summed E-state index contributed by atoms with van der Waals surface area (Å²) in [7, 11) is 4.76. The predicted molar refractivity (Wildman–Crippen MR) is 76.9 cm³/mol. The molecule has 1 aliphatic rings. The number of carbonyl (C=O) groups excluding carboxylic acids is 3. The lowest BCUT2D eigenvalue weighted by Crippen LogP contribution is -2.62. The molecular formula is C12H15N5O6. The highest BCUT2D eigenvalue weighted by Crippen LogP contribution is 2.19. The van der Waals surface area contributed by atoms with Crippen molar-refractivity contribution in [2.24, 2.45) is 14.1 Å². The van der Waals surface area contributed by atoms with Gasteiger partial charge >= 0.3 is 11.7 Å². The Morgan fingerprint density at radius 3 is 1.83 bits per heavy atom. The summed E-state index contributed by atoms with van der Waals surface area (Å²) in [5, 5.41) is 12.3. The number of barbiturate groups is 1. The first-order valence-electron chi connectivity index (χ1n) is 6.44. The maximum Gasteiger partial charge on any atom is 0.333 e. The Balaban J connectivity index is 2.53. The fourth-order valence-electron chi connectivity index (χ4n) is 2.13. The molecule has 23 heavy (non-hydrogen) atoms. The highest BCUT2D eigenvalue weighted by molar-refractivity contribution is 6.19. The normalized spacial score (nSPS) is 16.3. The minimum atomic E-state index is -1.57. The van der Waals surface area contributed by atoms with Gasteiger partial charge < -0.3 is 10.4 Å². The molecule has 0 spiro atoms. The minimum Gasteiger partial charge on any atom is -0.493 e. The summed E-state index contributed by atoms with van der Waals surface area (Å²) in [5.41, 5.74) is -2.17. The number of imide groups is 2. The first-order valence-corrected chi connectivity index (χ1v) is 6.44. The summed E-state index contributed by atoms with van der Waals surface area (Å²) < 4.78 is 1.48. The molecule has 0 aromatic carbocycles. The zero-order valence-corrected chi connectivity index (χ0v) is 12.9. The van der Waals surface area contributed by atoms with Crippen LogP contribution in [0.5, 0.6) is 5.88 Å². The summed E-state index contributed by atoms with van der Waals surface area (Å²) in [6.45, 7) is 0. The number of aromatic hydroxyl groups is 1. The van der Waals surface area contributed by atoms with Crippen LogP contribution in [0.1, 0.15) is 0 Å². The number of anilines is 1. The number of amides is 4. The lowest BCUT2D eigenvalue weighted by Gasteiger charge is -2.33. The van der Waals surface area contributed by atoms with Gasteiger partial charge in [0.05, 0.1) is 0 Å². The van der Waals surface area contributed by atoms with Crippen molar-refractivity contribution < 1.29 is 19.5 Å². The van der Waals surface area contributed by atoms with E-state index in [0.29, 0.717) is 14.4 Å². The van der Waals surface area contributed by atoms with Gasteiger partial charge in [0.25, 0.3) is 17.4 Å². The third kappa shape index (κ3) is 2.25. The summed E-state index contributed by atoms with van der Waals surface area (Å²) in [6, 6.07) is -2.38. The van der Waals surface area contributed by atoms with Gasteiger partial charge in [-0.25, -0.2) is 9.59 Å². The molecule has 1 aromatic rings. The maximum atomic E-state index is 12.1. The topological polar surface area (TPSA) is 134 Å². The number of carbonyl (C=O) groups is 3. The van der Waals surface area contributed by atoms with E-state index in [4.69, 9.17) is 0 Å². The van der Waals surface area contributed by atoms with Crippen molar-refractivity contribution in [2.75, 3.05) is 19.4 Å². The van der Waals surface area contributed by atoms with Crippen molar-refractivity contribution in [3.8, 4) is 5.88 Å². The van der Waals surface area contributed by atoms with Gasteiger partial charge in [0.2, 0.25) is 5.88 Å². The number of aromatic nitrogens is 2. The monoisotopic (exact) mass is 325 g/mol. The van der Waals surface area contributed by atoms with E-state index in [9.17, 15) is 29.1 Å². The fraction of sp³-hybridized carbons (Fsp3) is 0.417. The molecule has 1 aromatic heterocycles. The Labute approximate surface area is 129 Å². The Morgan fingerprint density at radius 2 is 1.35 bits per heavy atom. The second kappa shape index (κ2) is 5.26. The van der Waals surface area contributed by atoms with E-state index in [-0.39, 0.29) is 0 Å². The van der Waals surface area contributed by atoms with Crippen LogP contribution in [0, 0.1) is 0 Å². The van der Waals surface area contributed by atoms with E-state index in [0.717, 1.165) is 4.57 Å². The van der Waals surface area contributed by atoms with Crippen LogP contribution < -0.4 is 16.6 Å². The van der Waals surface area contributed by atoms with Crippen molar-refractivity contribution >= 4 is 23.5 Å². The van der Waals surface area contributed by atoms with Gasteiger partial charge in [-0.3, -0.25) is 33.3 Å². The van der Waals surface area contributed by atoms with Crippen molar-refractivity contribution in [3.63, 3.8) is 0 Å². The maximum absolute atomic E-state index is 12.1. The first-order chi connectivity index (χ1) is 10.6. The van der Waals surface area contributed by atoms with Crippen LogP contribution in [0.25, 0.3) is 0 Å². The molecule has 124 valence electrons. The lowest BCUT2D eigenvalue weighted by atomic mass is 10.1. The van der Waals surface area contributed by atoms with E-state index < -0.39 is 46.7 Å². The number of rotatable bonds is 2. The van der Waals surface area contributed by atoms with E-state index in [1.807, 2.05) is 0 Å². The molecule has 0 atom stereocenters. The van der Waals surface area contributed by atoms with Gasteiger partial charge in [-0.2, -0.15) is 0 Å². The second-order valence-electron chi connectivity index (χ2n) is 5.06. The molecule has 1 saturated heterocycles. The van der Waals surface area contributed by atoms with Gasteiger partial charge in [0.15, 0.2) is 11.7 Å². The standard InChI is InChI=1S/C12H15N5O6/c1-14-7(18)5(8(19)15(2)11(14)22)13-6-9(20)16(3)12(23)17(4)10(6)21/h5,13,20H,1-4H3. The molecule has 0 radical (unpaired) electrons. The van der Waals surface area contributed by atoms with Crippen LogP contribution in [0.15, 0.2) is 9.59 Å². The predicted octanol–water partition coefficient (Wildman–Crippen LogP) is -2.38. The van der Waals surface area contributed by atoms with Crippen LogP contribution in [0.2, 0.25) is 0 Å². The fourth-order valence-corrected chi connectivity index (χ4v) is 2.13. The third-order valence-corrected chi connectivity index (χ3v) is 3.65. The zero-order chi connectivity index (χ0) is 17.6. The van der Waals surface area contributed by atoms with Crippen LogP contribution in [-0.4, -0.2) is 62.0 Å². The summed E-state index contributed by atoms with van der Waals surface area (Å²) in [6.07, 6.45) is 0. The molecule has 2 rings (SSSR count). The van der Waals surface area contributed by atoms with E-state index in [2.05, 4.69) is 5.32 Å². The van der Waals surface area contributed by atoms with Gasteiger partial charge in [0, 0.05) is 28.2 Å². The average molecular weight is 325 g/mol. The molecule has 0 unspecified atom stereocenters. The SMILES string of the molecule is CN1C(=O)C(Nc2c(O)n(C)c(=O)n(C)c2=O)C(=O)N(C)C1=O. The molecule has 11 nitrogen and oxygen atoms in total. The number of nitrogens with one attached hydrogen (secondary N) is 1. The quantitative estimate of drug-likeness (QED) is 0.580. The minimum absolute atomic E-state index is 0.488. The van der Waals surface area contributed by atoms with Crippen molar-refractivity contribution in [1.82, 2.24) is 18.9 Å². The number of hydrogen-bond donors (Lipinski definition) is 2. The molecule has 0 bridgehead atoms. The Kier molecular flexibility index (Phi) is 3.72. The number of urea groups is 1. The molecule has 1 aliphatic heterocycles. The Morgan fingerprint density at radius 1 is 0.870 bits per heavy atom. The molecule has 2 heterocycles. The average Bonchev–Trinajstić information content (AvgIpc) is 2.54. The molecule has 11 heteroatoms. The van der Waals surface area contributed by atoms with Crippen LogP contribution in [-0.2, 0) is 23.7 Å². The summed E-state index contributed by atoms with van der Waals surface area (Å²) in [4.78, 5) is 61.0. The summed E-state index contributed by atoms with van der Waals surface area (Å²) in [5.74, 6) is -2.48. The van der Waals surface area contributed by atoms with Crippen LogP contribution >= 0.6 is 0 Å². The van der Waals surface area contributed by atoms with Crippen molar-refractivity contribution in [3.05, 3.63) is 20.8 Å². The van der Waals surface area contributed by atoms with E-state index >= 15 is 0 Å². The van der Waals surface area contributed by atoms with Gasteiger partial charge in [-0.1, -0.05) is 0 Å². The zero-order valence-electron chi connectivity index (χ0n) is 12.9. The van der Waals surface area contributed by atoms with Gasteiger partial charge in [0.1, 0.15) is 0 Å². The number of likely N-dealkylation sites (N-methyl/N-ethyl adjacent to an activating group) is 2. The Hall–Kier alpha value is -3.11. The van der Waals surface area contributed by atoms with Gasteiger partial charge in [-0.05, 0) is 0 Å². The third-order valence-electron chi connectivity index (χ3n) is 3.65.